The molecule has 0 radical (unpaired) electrons. The number of nitrogens with two attached hydrogens (primary N) is 1. The highest BCUT2D eigenvalue weighted by atomic mass is 32.2. The number of benzene rings is 1. The lowest BCUT2D eigenvalue weighted by Gasteiger charge is -2.31. The van der Waals surface area contributed by atoms with Crippen molar-refractivity contribution in [1.82, 2.24) is 14.8 Å². The van der Waals surface area contributed by atoms with Gasteiger partial charge >= 0.3 is 6.36 Å². The number of thioether (sulfide) groups is 1. The number of alkyl halides is 3. The van der Waals surface area contributed by atoms with Crippen LogP contribution in [0.2, 0.25) is 0 Å². The SMILES string of the molecule is Cc1ncc(C(=N)SC(N)=NC(=O)c2ccc(OC(F)(F)F)c(NC(=O)CN3CCN(C)CC3)c2)s1. The number of aliphatic imine (C=N–C) groups is 1. The van der Waals surface area contributed by atoms with Gasteiger partial charge in [-0.15, -0.1) is 24.5 Å². The number of ether oxygens (including phenoxy) is 1. The van der Waals surface area contributed by atoms with Crippen LogP contribution in [-0.4, -0.2) is 82.9 Å². The topological polar surface area (TPSA) is 137 Å². The number of rotatable bonds is 6. The second-order valence-electron chi connectivity index (χ2n) is 7.82. The number of piperazine rings is 1. The fourth-order valence-electron chi connectivity index (χ4n) is 3.18. The molecule has 2 aromatic rings. The smallest absolute Gasteiger partial charge is 0.404 e. The summed E-state index contributed by atoms with van der Waals surface area (Å²) in [5.74, 6) is -2.08. The fraction of sp³-hybridized carbons (Fsp3) is 0.381. The zero-order valence-electron chi connectivity index (χ0n) is 19.4. The average molecular weight is 544 g/mol. The van der Waals surface area contributed by atoms with Crippen LogP contribution in [-0.2, 0) is 4.79 Å². The minimum Gasteiger partial charge on any atom is -0.404 e. The van der Waals surface area contributed by atoms with Crippen LogP contribution in [0.15, 0.2) is 29.4 Å². The van der Waals surface area contributed by atoms with Crippen molar-refractivity contribution >= 4 is 50.8 Å². The van der Waals surface area contributed by atoms with Crippen LogP contribution in [0.5, 0.6) is 5.75 Å². The standard InChI is InChI=1S/C21H24F3N7O3S2/c1-12-27-10-16(35-12)18(25)36-20(26)29-19(33)13-3-4-15(34-21(22,23)24)14(9-13)28-17(32)11-31-7-5-30(2)6-8-31/h3-4,9-10,25H,5-8,11H2,1-2H3,(H,28,32)(H2,26,29,33). The molecule has 0 spiro atoms. The van der Waals surface area contributed by atoms with Crippen LogP contribution in [0.4, 0.5) is 18.9 Å². The molecule has 36 heavy (non-hydrogen) atoms. The van der Waals surface area contributed by atoms with Crippen LogP contribution in [0, 0.1) is 12.3 Å². The van der Waals surface area contributed by atoms with Gasteiger partial charge in [-0.2, -0.15) is 4.99 Å². The second kappa shape index (κ2) is 11.8. The lowest BCUT2D eigenvalue weighted by Crippen LogP contribution is -2.47. The van der Waals surface area contributed by atoms with E-state index >= 15 is 0 Å². The molecule has 0 bridgehead atoms. The van der Waals surface area contributed by atoms with Crippen LogP contribution in [0.1, 0.15) is 20.2 Å². The van der Waals surface area contributed by atoms with Crippen molar-refractivity contribution in [2.45, 2.75) is 13.3 Å². The number of aryl methyl sites for hydroxylation is 1. The van der Waals surface area contributed by atoms with Gasteiger partial charge in [0.15, 0.2) is 10.9 Å². The van der Waals surface area contributed by atoms with Crippen molar-refractivity contribution in [2.24, 2.45) is 10.7 Å². The summed E-state index contributed by atoms with van der Waals surface area (Å²) in [4.78, 5) is 37.4. The third kappa shape index (κ3) is 8.29. The molecule has 0 atom stereocenters. The van der Waals surface area contributed by atoms with Gasteiger partial charge in [-0.1, -0.05) is 0 Å². The number of hydrogen-bond donors (Lipinski definition) is 3. The van der Waals surface area contributed by atoms with E-state index in [0.717, 1.165) is 48.1 Å². The lowest BCUT2D eigenvalue weighted by molar-refractivity contribution is -0.274. The molecular formula is C21H24F3N7O3S2. The predicted molar refractivity (Wildman–Crippen MR) is 133 cm³/mol. The maximum Gasteiger partial charge on any atom is 0.573 e. The first-order chi connectivity index (χ1) is 16.9. The van der Waals surface area contributed by atoms with Gasteiger partial charge in [-0.3, -0.25) is 19.9 Å². The summed E-state index contributed by atoms with van der Waals surface area (Å²) in [5, 5.41) is 11.0. The van der Waals surface area contributed by atoms with Gasteiger partial charge in [0.25, 0.3) is 5.91 Å². The summed E-state index contributed by atoms with van der Waals surface area (Å²) in [6.07, 6.45) is -3.50. The minimum atomic E-state index is -5.00. The van der Waals surface area contributed by atoms with E-state index < -0.39 is 23.9 Å². The number of nitrogens with one attached hydrogen (secondary N) is 2. The Kier molecular flexibility index (Phi) is 9.05. The lowest BCUT2D eigenvalue weighted by atomic mass is 10.1. The van der Waals surface area contributed by atoms with Crippen molar-refractivity contribution in [2.75, 3.05) is 45.1 Å². The molecule has 1 aromatic carbocycles. The van der Waals surface area contributed by atoms with Crippen molar-refractivity contribution in [1.29, 1.82) is 5.41 Å². The Balaban J connectivity index is 1.74. The Morgan fingerprint density at radius 1 is 1.31 bits per heavy atom. The maximum absolute atomic E-state index is 12.9. The van der Waals surface area contributed by atoms with E-state index in [1.807, 2.05) is 11.9 Å². The van der Waals surface area contributed by atoms with Crippen molar-refractivity contribution in [3.05, 3.63) is 39.8 Å². The summed E-state index contributed by atoms with van der Waals surface area (Å²) in [6, 6.07) is 3.05. The van der Waals surface area contributed by atoms with Gasteiger partial charge in [0.2, 0.25) is 5.91 Å². The maximum atomic E-state index is 12.9. The normalized spacial score (nSPS) is 15.5. The monoisotopic (exact) mass is 543 g/mol. The van der Waals surface area contributed by atoms with E-state index in [4.69, 9.17) is 11.1 Å². The molecule has 15 heteroatoms. The number of carbonyl (C=O) groups excluding carboxylic acids is 2. The van der Waals surface area contributed by atoms with Gasteiger partial charge in [-0.05, 0) is 43.9 Å². The largest absolute Gasteiger partial charge is 0.573 e. The summed E-state index contributed by atoms with van der Waals surface area (Å²) in [6.45, 7) is 4.54. The number of likely N-dealkylation sites (N-methyl/N-ethyl adjacent to an activating group) is 1. The van der Waals surface area contributed by atoms with E-state index in [9.17, 15) is 22.8 Å². The first kappa shape index (κ1) is 27.6. The summed E-state index contributed by atoms with van der Waals surface area (Å²) >= 11 is 2.02. The molecule has 0 saturated carbocycles. The molecule has 2 amide bonds. The van der Waals surface area contributed by atoms with E-state index in [1.165, 1.54) is 17.5 Å². The van der Waals surface area contributed by atoms with Gasteiger partial charge in [-0.25, -0.2) is 4.98 Å². The second-order valence-corrected chi connectivity index (χ2v) is 10.1. The number of nitrogens with zero attached hydrogens (tertiary/aromatic N) is 4. The molecule has 1 fully saturated rings. The van der Waals surface area contributed by atoms with E-state index in [1.54, 1.807) is 6.92 Å². The number of hydrogen-bond acceptors (Lipinski definition) is 9. The number of carbonyl (C=O) groups is 2. The molecule has 4 N–H and O–H groups in total. The highest BCUT2D eigenvalue weighted by Crippen LogP contribution is 2.31. The first-order valence-electron chi connectivity index (χ1n) is 10.6. The third-order valence-electron chi connectivity index (χ3n) is 4.95. The zero-order chi connectivity index (χ0) is 26.5. The number of anilines is 1. The molecule has 1 saturated heterocycles. The summed E-state index contributed by atoms with van der Waals surface area (Å²) < 4.78 is 42.7. The molecule has 0 unspecified atom stereocenters. The van der Waals surface area contributed by atoms with Crippen molar-refractivity contribution in [3.63, 3.8) is 0 Å². The predicted octanol–water partition coefficient (Wildman–Crippen LogP) is 2.75. The van der Waals surface area contributed by atoms with Crippen LogP contribution >= 0.6 is 23.1 Å². The molecular weight excluding hydrogens is 519 g/mol. The Bertz CT molecular complexity index is 1160. The summed E-state index contributed by atoms with van der Waals surface area (Å²) in [5.41, 5.74) is 5.34. The van der Waals surface area contributed by atoms with Crippen LogP contribution < -0.4 is 15.8 Å². The van der Waals surface area contributed by atoms with E-state index in [2.05, 4.69) is 24.9 Å². The molecule has 10 nitrogen and oxygen atoms in total. The Morgan fingerprint density at radius 2 is 2.00 bits per heavy atom. The molecule has 1 aliphatic rings. The Morgan fingerprint density at radius 3 is 2.61 bits per heavy atom. The quantitative estimate of drug-likeness (QED) is 0.374. The number of amidine groups is 1. The zero-order valence-corrected chi connectivity index (χ0v) is 21.0. The van der Waals surface area contributed by atoms with E-state index in [0.29, 0.717) is 18.0 Å². The summed E-state index contributed by atoms with van der Waals surface area (Å²) in [7, 11) is 1.96. The van der Waals surface area contributed by atoms with Gasteiger partial charge in [0, 0.05) is 37.9 Å². The van der Waals surface area contributed by atoms with Crippen LogP contribution in [0.3, 0.4) is 0 Å². The van der Waals surface area contributed by atoms with Crippen molar-refractivity contribution in [3.8, 4) is 5.75 Å². The molecule has 1 aromatic heterocycles. The molecule has 194 valence electrons. The Hall–Kier alpha value is -3.01. The molecule has 0 aliphatic carbocycles. The highest BCUT2D eigenvalue weighted by Gasteiger charge is 2.32. The molecule has 1 aliphatic heterocycles. The minimum absolute atomic E-state index is 0.0294. The number of aromatic nitrogens is 1. The molecule has 2 heterocycles. The van der Waals surface area contributed by atoms with Crippen molar-refractivity contribution < 1.29 is 27.5 Å². The van der Waals surface area contributed by atoms with Gasteiger partial charge < -0.3 is 20.7 Å². The van der Waals surface area contributed by atoms with Gasteiger partial charge in [0.05, 0.1) is 22.1 Å². The van der Waals surface area contributed by atoms with E-state index in [-0.39, 0.29) is 28.0 Å². The third-order valence-corrected chi connectivity index (χ3v) is 6.74. The van der Waals surface area contributed by atoms with Gasteiger partial charge in [0.1, 0.15) is 5.04 Å². The highest BCUT2D eigenvalue weighted by molar-refractivity contribution is 8.27. The number of thiazole rings is 1. The Labute approximate surface area is 213 Å². The van der Waals surface area contributed by atoms with Crippen LogP contribution in [0.25, 0.3) is 0 Å². The molecule has 3 rings (SSSR count). The first-order valence-corrected chi connectivity index (χ1v) is 12.2. The number of amides is 2. The average Bonchev–Trinajstić information content (AvgIpc) is 3.22. The number of halogens is 3. The fourth-order valence-corrected chi connectivity index (χ4v) is 4.54.